The third-order valence-electron chi connectivity index (χ3n) is 4.27. The van der Waals surface area contributed by atoms with Gasteiger partial charge in [0.05, 0.1) is 17.3 Å². The zero-order valence-corrected chi connectivity index (χ0v) is 14.0. The molecule has 0 saturated heterocycles. The maximum absolute atomic E-state index is 12.8. The fourth-order valence-electron chi connectivity index (χ4n) is 2.65. The second-order valence-electron chi connectivity index (χ2n) is 6.49. The molecule has 1 aliphatic carbocycles. The molecule has 1 fully saturated rings. The monoisotopic (exact) mass is 352 g/mol. The number of aromatic nitrogens is 1. The van der Waals surface area contributed by atoms with Gasteiger partial charge in [0.15, 0.2) is 5.89 Å². The lowest BCUT2D eigenvalue weighted by atomic mass is 10.0. The molecule has 1 N–H and O–H groups in total. The van der Waals surface area contributed by atoms with Gasteiger partial charge in [-0.25, -0.2) is 4.98 Å². The Hall–Kier alpha value is -2.31. The van der Waals surface area contributed by atoms with Crippen molar-refractivity contribution < 1.29 is 22.4 Å². The third-order valence-corrected chi connectivity index (χ3v) is 4.27. The van der Waals surface area contributed by atoms with Crippen LogP contribution in [0.5, 0.6) is 0 Å². The van der Waals surface area contributed by atoms with E-state index in [0.717, 1.165) is 31.4 Å². The molecule has 1 heterocycles. The summed E-state index contributed by atoms with van der Waals surface area (Å²) in [6.07, 6.45) is -1.40. The minimum Gasteiger partial charge on any atom is -0.435 e. The molecule has 1 atom stereocenters. The number of aryl methyl sites for hydroxylation is 1. The van der Waals surface area contributed by atoms with E-state index in [4.69, 9.17) is 4.42 Å². The molecule has 134 valence electrons. The molecule has 2 aromatic rings. The molecule has 0 aliphatic heterocycles. The van der Waals surface area contributed by atoms with Crippen LogP contribution in [0.25, 0.3) is 0 Å². The van der Waals surface area contributed by atoms with Crippen LogP contribution < -0.4 is 5.32 Å². The first-order chi connectivity index (χ1) is 11.7. The Morgan fingerprint density at radius 1 is 1.40 bits per heavy atom. The van der Waals surface area contributed by atoms with Gasteiger partial charge >= 0.3 is 6.18 Å². The smallest absolute Gasteiger partial charge is 0.416 e. The van der Waals surface area contributed by atoms with Crippen molar-refractivity contribution in [3.05, 3.63) is 52.7 Å². The van der Waals surface area contributed by atoms with E-state index in [-0.39, 0.29) is 5.76 Å². The van der Waals surface area contributed by atoms with Gasteiger partial charge in [-0.05, 0) is 50.3 Å². The maximum atomic E-state index is 12.8. The average Bonchev–Trinajstić information content (AvgIpc) is 3.27. The molecule has 1 aromatic carbocycles. The Kier molecular flexibility index (Phi) is 4.58. The zero-order valence-electron chi connectivity index (χ0n) is 14.0. The second-order valence-corrected chi connectivity index (χ2v) is 6.49. The van der Waals surface area contributed by atoms with E-state index in [1.807, 2.05) is 0 Å². The third kappa shape index (κ3) is 4.21. The van der Waals surface area contributed by atoms with Crippen molar-refractivity contribution in [2.24, 2.45) is 5.92 Å². The van der Waals surface area contributed by atoms with Crippen molar-refractivity contribution in [2.75, 3.05) is 0 Å². The molecule has 1 aliphatic rings. The second kappa shape index (κ2) is 6.54. The summed E-state index contributed by atoms with van der Waals surface area (Å²) < 4.78 is 44.0. The van der Waals surface area contributed by atoms with Gasteiger partial charge in [-0.15, -0.1) is 0 Å². The standard InChI is InChI=1S/C18H19F3N2O2/c1-10(13-4-3-5-14(9-13)18(19,20)21)23-17(24)16-11(2)22-15(25-16)8-12-6-7-12/h3-5,9-10,12H,6-8H2,1-2H3,(H,23,24)/t10-/m1/s1. The number of rotatable bonds is 5. The van der Waals surface area contributed by atoms with Gasteiger partial charge in [0.25, 0.3) is 5.91 Å². The fraction of sp³-hybridized carbons (Fsp3) is 0.444. The van der Waals surface area contributed by atoms with E-state index in [1.165, 1.54) is 6.07 Å². The van der Waals surface area contributed by atoms with Crippen LogP contribution >= 0.6 is 0 Å². The number of oxazole rings is 1. The van der Waals surface area contributed by atoms with E-state index in [2.05, 4.69) is 10.3 Å². The molecule has 0 bridgehead atoms. The highest BCUT2D eigenvalue weighted by atomic mass is 19.4. The normalized spacial score (nSPS) is 15.9. The highest BCUT2D eigenvalue weighted by Gasteiger charge is 2.31. The molecule has 0 radical (unpaired) electrons. The number of halogens is 3. The first-order valence-electron chi connectivity index (χ1n) is 8.18. The zero-order chi connectivity index (χ0) is 18.2. The molecule has 7 heteroatoms. The predicted octanol–water partition coefficient (Wildman–Crippen LogP) is 4.45. The molecule has 1 saturated carbocycles. The fourth-order valence-corrected chi connectivity index (χ4v) is 2.65. The van der Waals surface area contributed by atoms with Crippen LogP contribution in [0.4, 0.5) is 13.2 Å². The lowest BCUT2D eigenvalue weighted by Gasteiger charge is -2.15. The summed E-state index contributed by atoms with van der Waals surface area (Å²) in [7, 11) is 0. The van der Waals surface area contributed by atoms with E-state index < -0.39 is 23.7 Å². The van der Waals surface area contributed by atoms with Crippen LogP contribution in [0.2, 0.25) is 0 Å². The van der Waals surface area contributed by atoms with Crippen molar-refractivity contribution in [3.63, 3.8) is 0 Å². The number of carbonyl (C=O) groups is 1. The number of alkyl halides is 3. The van der Waals surface area contributed by atoms with Crippen LogP contribution in [0.15, 0.2) is 28.7 Å². The molecule has 3 rings (SSSR count). The van der Waals surface area contributed by atoms with Crippen LogP contribution in [0.1, 0.15) is 59.1 Å². The number of benzene rings is 1. The van der Waals surface area contributed by atoms with Gasteiger partial charge in [0, 0.05) is 6.42 Å². The van der Waals surface area contributed by atoms with Crippen LogP contribution in [-0.2, 0) is 12.6 Å². The quantitative estimate of drug-likeness (QED) is 0.865. The number of hydrogen-bond acceptors (Lipinski definition) is 3. The SMILES string of the molecule is Cc1nc(CC2CC2)oc1C(=O)N[C@H](C)c1cccc(C(F)(F)F)c1. The number of carbonyl (C=O) groups excluding carboxylic acids is 1. The van der Waals surface area contributed by atoms with Gasteiger partial charge in [0.2, 0.25) is 5.76 Å². The van der Waals surface area contributed by atoms with Crippen molar-refractivity contribution in [1.29, 1.82) is 0 Å². The van der Waals surface area contributed by atoms with E-state index in [9.17, 15) is 18.0 Å². The summed E-state index contributed by atoms with van der Waals surface area (Å²) in [5.74, 6) is 0.765. The highest BCUT2D eigenvalue weighted by Crippen LogP contribution is 2.33. The largest absolute Gasteiger partial charge is 0.435 e. The Morgan fingerprint density at radius 2 is 2.12 bits per heavy atom. The number of amides is 1. The number of nitrogens with one attached hydrogen (secondary N) is 1. The average molecular weight is 352 g/mol. The first kappa shape index (κ1) is 17.5. The van der Waals surface area contributed by atoms with Crippen molar-refractivity contribution in [3.8, 4) is 0 Å². The van der Waals surface area contributed by atoms with Crippen LogP contribution in [0, 0.1) is 12.8 Å². The Balaban J connectivity index is 1.71. The summed E-state index contributed by atoms with van der Waals surface area (Å²) in [6.45, 7) is 3.31. The summed E-state index contributed by atoms with van der Waals surface area (Å²) in [5, 5.41) is 2.67. The van der Waals surface area contributed by atoms with Crippen LogP contribution in [-0.4, -0.2) is 10.9 Å². The Morgan fingerprint density at radius 3 is 2.76 bits per heavy atom. The van der Waals surface area contributed by atoms with Gasteiger partial charge in [0.1, 0.15) is 0 Å². The topological polar surface area (TPSA) is 55.1 Å². The lowest BCUT2D eigenvalue weighted by Crippen LogP contribution is -2.27. The molecule has 1 amide bonds. The molecular weight excluding hydrogens is 333 g/mol. The van der Waals surface area contributed by atoms with Gasteiger partial charge < -0.3 is 9.73 Å². The van der Waals surface area contributed by atoms with E-state index >= 15 is 0 Å². The Labute approximate surface area is 143 Å². The predicted molar refractivity (Wildman–Crippen MR) is 85.0 cm³/mol. The molecule has 0 spiro atoms. The summed E-state index contributed by atoms with van der Waals surface area (Å²) >= 11 is 0. The van der Waals surface area contributed by atoms with Gasteiger partial charge in [-0.3, -0.25) is 4.79 Å². The minimum absolute atomic E-state index is 0.120. The molecular formula is C18H19F3N2O2. The molecule has 0 unspecified atom stereocenters. The van der Waals surface area contributed by atoms with Crippen molar-refractivity contribution in [1.82, 2.24) is 10.3 Å². The van der Waals surface area contributed by atoms with E-state index in [1.54, 1.807) is 19.9 Å². The number of nitrogens with zero attached hydrogens (tertiary/aromatic N) is 1. The molecule has 4 nitrogen and oxygen atoms in total. The lowest BCUT2D eigenvalue weighted by molar-refractivity contribution is -0.137. The van der Waals surface area contributed by atoms with Crippen molar-refractivity contribution in [2.45, 2.75) is 45.3 Å². The van der Waals surface area contributed by atoms with Gasteiger partial charge in [-0.1, -0.05) is 12.1 Å². The first-order valence-corrected chi connectivity index (χ1v) is 8.18. The minimum atomic E-state index is -4.42. The molecule has 25 heavy (non-hydrogen) atoms. The maximum Gasteiger partial charge on any atom is 0.416 e. The summed E-state index contributed by atoms with van der Waals surface area (Å²) in [4.78, 5) is 16.6. The molecule has 1 aromatic heterocycles. The van der Waals surface area contributed by atoms with Gasteiger partial charge in [-0.2, -0.15) is 13.2 Å². The van der Waals surface area contributed by atoms with Crippen molar-refractivity contribution >= 4 is 5.91 Å². The van der Waals surface area contributed by atoms with E-state index in [0.29, 0.717) is 23.1 Å². The number of hydrogen-bond donors (Lipinski definition) is 1. The Bertz CT molecular complexity index is 779. The highest BCUT2D eigenvalue weighted by molar-refractivity contribution is 5.92. The summed E-state index contributed by atoms with van der Waals surface area (Å²) in [5.41, 5.74) is 0.122. The van der Waals surface area contributed by atoms with Crippen LogP contribution in [0.3, 0.4) is 0 Å². The summed E-state index contributed by atoms with van der Waals surface area (Å²) in [6, 6.07) is 4.32.